The second-order valence-corrected chi connectivity index (χ2v) is 5.83. The van der Waals surface area contributed by atoms with Gasteiger partial charge in [-0.3, -0.25) is 0 Å². The molecule has 0 aliphatic heterocycles. The van der Waals surface area contributed by atoms with Crippen LogP contribution in [0.1, 0.15) is 11.1 Å². The van der Waals surface area contributed by atoms with Crippen LogP contribution in [0, 0.1) is 3.57 Å². The minimum atomic E-state index is 0.730. The lowest BCUT2D eigenvalue weighted by Gasteiger charge is -2.13. The van der Waals surface area contributed by atoms with Crippen LogP contribution in [-0.2, 0) is 6.42 Å². The lowest BCUT2D eigenvalue weighted by molar-refractivity contribution is 0.354. The second-order valence-electron chi connectivity index (χ2n) is 4.66. The Hall–Kier alpha value is -1.63. The molecule has 0 unspecified atom stereocenters. The van der Waals surface area contributed by atoms with Crippen molar-refractivity contribution in [3.05, 3.63) is 45.0 Å². The third kappa shape index (κ3) is 3.58. The molecule has 2 aromatic rings. The number of methoxy groups -OCH3 is 4. The van der Waals surface area contributed by atoms with Crippen molar-refractivity contribution in [2.24, 2.45) is 0 Å². The Labute approximate surface area is 144 Å². The highest BCUT2D eigenvalue weighted by Gasteiger charge is 2.11. The summed E-state index contributed by atoms with van der Waals surface area (Å²) in [6.45, 7) is 0. The summed E-state index contributed by atoms with van der Waals surface area (Å²) in [6.07, 6.45) is 0.777. The first kappa shape index (κ1) is 16.7. The van der Waals surface area contributed by atoms with Crippen molar-refractivity contribution in [1.82, 2.24) is 0 Å². The first-order chi connectivity index (χ1) is 10.6. The van der Waals surface area contributed by atoms with Crippen molar-refractivity contribution in [3.8, 4) is 23.0 Å². The molecule has 0 N–H and O–H groups in total. The highest BCUT2D eigenvalue weighted by atomic mass is 127. The topological polar surface area (TPSA) is 36.9 Å². The van der Waals surface area contributed by atoms with Crippen LogP contribution in [0.2, 0.25) is 0 Å². The minimum absolute atomic E-state index is 0.730. The Balaban J connectivity index is 2.34. The van der Waals surface area contributed by atoms with Gasteiger partial charge < -0.3 is 18.9 Å². The predicted octanol–water partition coefficient (Wildman–Crippen LogP) is 3.92. The van der Waals surface area contributed by atoms with Crippen molar-refractivity contribution >= 4 is 22.6 Å². The zero-order chi connectivity index (χ0) is 16.1. The van der Waals surface area contributed by atoms with Crippen LogP contribution in [-0.4, -0.2) is 28.4 Å². The maximum atomic E-state index is 5.38. The molecule has 4 nitrogen and oxygen atoms in total. The third-order valence-corrected chi connectivity index (χ3v) is 4.40. The van der Waals surface area contributed by atoms with Crippen LogP contribution in [0.15, 0.2) is 30.3 Å². The fourth-order valence-corrected chi connectivity index (χ4v) is 2.87. The van der Waals surface area contributed by atoms with Gasteiger partial charge in [0.05, 0.1) is 28.4 Å². The number of rotatable bonds is 6. The van der Waals surface area contributed by atoms with Gasteiger partial charge in [0.2, 0.25) is 0 Å². The van der Waals surface area contributed by atoms with E-state index in [9.17, 15) is 0 Å². The average Bonchev–Trinajstić information content (AvgIpc) is 2.56. The molecule has 22 heavy (non-hydrogen) atoms. The molecule has 2 rings (SSSR count). The molecule has 0 spiro atoms. The molecule has 0 saturated heterocycles. The fourth-order valence-electron chi connectivity index (χ4n) is 2.24. The third-order valence-electron chi connectivity index (χ3n) is 3.40. The normalized spacial score (nSPS) is 10.2. The molecule has 0 saturated carbocycles. The standard InChI is InChI=1S/C17H19IO4/c1-19-14-6-5-11(8-15(14)20-2)7-12-9-16(21-3)17(22-4)10-13(12)18/h5-6,8-10H,7H2,1-4H3. The van der Waals surface area contributed by atoms with Crippen molar-refractivity contribution in [3.63, 3.8) is 0 Å². The van der Waals surface area contributed by atoms with Crippen molar-refractivity contribution in [2.45, 2.75) is 6.42 Å². The van der Waals surface area contributed by atoms with E-state index in [4.69, 9.17) is 18.9 Å². The Morgan fingerprint density at radius 2 is 1.27 bits per heavy atom. The molecule has 2 aromatic carbocycles. The first-order valence-corrected chi connectivity index (χ1v) is 7.82. The number of benzene rings is 2. The fraction of sp³-hybridized carbons (Fsp3) is 0.294. The van der Waals surface area contributed by atoms with Crippen molar-refractivity contribution in [2.75, 3.05) is 28.4 Å². The minimum Gasteiger partial charge on any atom is -0.493 e. The maximum Gasteiger partial charge on any atom is 0.161 e. The Morgan fingerprint density at radius 3 is 1.86 bits per heavy atom. The Kier molecular flexibility index (Phi) is 5.76. The van der Waals surface area contributed by atoms with E-state index in [1.165, 1.54) is 5.56 Å². The van der Waals surface area contributed by atoms with E-state index < -0.39 is 0 Å². The summed E-state index contributed by atoms with van der Waals surface area (Å²) in [5.74, 6) is 2.94. The number of halogens is 1. The molecule has 0 amide bonds. The van der Waals surface area contributed by atoms with Crippen molar-refractivity contribution < 1.29 is 18.9 Å². The van der Waals surface area contributed by atoms with E-state index >= 15 is 0 Å². The largest absolute Gasteiger partial charge is 0.493 e. The smallest absolute Gasteiger partial charge is 0.161 e. The summed E-state index contributed by atoms with van der Waals surface area (Å²) in [5.41, 5.74) is 2.31. The number of ether oxygens (including phenoxy) is 4. The average molecular weight is 414 g/mol. The van der Waals surface area contributed by atoms with E-state index in [2.05, 4.69) is 22.6 Å². The molecule has 0 aromatic heterocycles. The summed E-state index contributed by atoms with van der Waals surface area (Å²) in [6, 6.07) is 9.94. The molecular weight excluding hydrogens is 395 g/mol. The molecule has 0 heterocycles. The molecule has 5 heteroatoms. The molecule has 0 aliphatic rings. The first-order valence-electron chi connectivity index (χ1n) is 6.74. The van der Waals surface area contributed by atoms with E-state index in [-0.39, 0.29) is 0 Å². The Bertz CT molecular complexity index is 655. The zero-order valence-corrected chi connectivity index (χ0v) is 15.3. The van der Waals surface area contributed by atoms with Crippen LogP contribution < -0.4 is 18.9 Å². The van der Waals surface area contributed by atoms with Crippen LogP contribution in [0.3, 0.4) is 0 Å². The molecule has 0 bridgehead atoms. The van der Waals surface area contributed by atoms with E-state index in [0.29, 0.717) is 0 Å². The van der Waals surface area contributed by atoms with E-state index in [1.807, 2.05) is 30.3 Å². The number of hydrogen-bond acceptors (Lipinski definition) is 4. The van der Waals surface area contributed by atoms with Gasteiger partial charge >= 0.3 is 0 Å². The van der Waals surface area contributed by atoms with Gasteiger partial charge in [-0.15, -0.1) is 0 Å². The quantitative estimate of drug-likeness (QED) is 0.672. The van der Waals surface area contributed by atoms with Gasteiger partial charge in [0, 0.05) is 3.57 Å². The van der Waals surface area contributed by atoms with Gasteiger partial charge in [-0.2, -0.15) is 0 Å². The van der Waals surface area contributed by atoms with Gasteiger partial charge in [-0.1, -0.05) is 6.07 Å². The second kappa shape index (κ2) is 7.58. The SMILES string of the molecule is COc1ccc(Cc2cc(OC)c(OC)cc2I)cc1OC. The summed E-state index contributed by atoms with van der Waals surface area (Å²) < 4.78 is 22.5. The van der Waals surface area contributed by atoms with Gasteiger partial charge in [0.15, 0.2) is 23.0 Å². The monoisotopic (exact) mass is 414 g/mol. The summed E-state index contributed by atoms with van der Waals surface area (Å²) in [5, 5.41) is 0. The lowest BCUT2D eigenvalue weighted by Crippen LogP contribution is -1.98. The number of hydrogen-bond donors (Lipinski definition) is 0. The summed E-state index contributed by atoms with van der Waals surface area (Å²) >= 11 is 2.31. The maximum absolute atomic E-state index is 5.38. The molecule has 0 radical (unpaired) electrons. The van der Waals surface area contributed by atoms with Gasteiger partial charge in [0.1, 0.15) is 0 Å². The lowest BCUT2D eigenvalue weighted by atomic mass is 10.0. The molecule has 0 aliphatic carbocycles. The molecule has 0 fully saturated rings. The van der Waals surface area contributed by atoms with Gasteiger partial charge in [0.25, 0.3) is 0 Å². The zero-order valence-electron chi connectivity index (χ0n) is 13.1. The van der Waals surface area contributed by atoms with Gasteiger partial charge in [-0.05, 0) is 64.4 Å². The molecule has 0 atom stereocenters. The van der Waals surface area contributed by atoms with Crippen LogP contribution in [0.25, 0.3) is 0 Å². The van der Waals surface area contributed by atoms with Crippen LogP contribution in [0.4, 0.5) is 0 Å². The van der Waals surface area contributed by atoms with E-state index in [0.717, 1.165) is 38.6 Å². The van der Waals surface area contributed by atoms with Gasteiger partial charge in [-0.25, -0.2) is 0 Å². The molecule has 118 valence electrons. The summed E-state index contributed by atoms with van der Waals surface area (Å²) in [4.78, 5) is 0. The highest BCUT2D eigenvalue weighted by molar-refractivity contribution is 14.1. The van der Waals surface area contributed by atoms with Crippen LogP contribution >= 0.6 is 22.6 Å². The highest BCUT2D eigenvalue weighted by Crippen LogP contribution is 2.34. The van der Waals surface area contributed by atoms with E-state index in [1.54, 1.807) is 28.4 Å². The summed E-state index contributed by atoms with van der Waals surface area (Å²) in [7, 11) is 6.56. The van der Waals surface area contributed by atoms with Crippen LogP contribution in [0.5, 0.6) is 23.0 Å². The van der Waals surface area contributed by atoms with Crippen molar-refractivity contribution in [1.29, 1.82) is 0 Å². The predicted molar refractivity (Wildman–Crippen MR) is 94.6 cm³/mol. The Morgan fingerprint density at radius 1 is 0.727 bits per heavy atom. The molecular formula is C17H19IO4.